The number of anilines is 2. The molecule has 284 valence electrons. The van der Waals surface area contributed by atoms with Gasteiger partial charge in [0.25, 0.3) is 5.91 Å². The second-order valence-corrected chi connectivity index (χ2v) is 13.1. The molecule has 0 saturated carbocycles. The highest BCUT2D eigenvalue weighted by atomic mass is 32.2. The van der Waals surface area contributed by atoms with Gasteiger partial charge in [0.2, 0.25) is 17.7 Å². The molecule has 0 spiro atoms. The number of ether oxygens (including phenoxy) is 2. The molecule has 17 nitrogen and oxygen atoms in total. The van der Waals surface area contributed by atoms with Crippen molar-refractivity contribution in [1.29, 1.82) is 0 Å². The van der Waals surface area contributed by atoms with Gasteiger partial charge in [0, 0.05) is 43.3 Å². The summed E-state index contributed by atoms with van der Waals surface area (Å²) in [6.45, 7) is 2.56. The molecule has 19 heteroatoms. The van der Waals surface area contributed by atoms with Gasteiger partial charge in [0.15, 0.2) is 10.2 Å². The molecule has 0 aliphatic carbocycles. The maximum Gasteiger partial charge on any atom is 0.321 e. The average molecular weight is 772 g/mol. The number of carboxylic acid groups (broad SMARTS) is 1. The van der Waals surface area contributed by atoms with Crippen LogP contribution in [0.4, 0.5) is 15.6 Å². The second kappa shape index (κ2) is 23.1. The Kier molecular flexibility index (Phi) is 18.3. The largest absolute Gasteiger partial charge is 0.494 e. The van der Waals surface area contributed by atoms with E-state index in [1.54, 1.807) is 12.1 Å². The van der Waals surface area contributed by atoms with Gasteiger partial charge in [-0.05, 0) is 36.2 Å². The molecule has 0 aliphatic rings. The van der Waals surface area contributed by atoms with Crippen LogP contribution < -0.4 is 36.6 Å². The van der Waals surface area contributed by atoms with Crippen molar-refractivity contribution in [3.8, 4) is 5.75 Å². The van der Waals surface area contributed by atoms with Crippen molar-refractivity contribution in [2.24, 2.45) is 0 Å². The molecule has 7 N–H and O–H groups in total. The molecule has 0 fully saturated rings. The number of carbonyl (C=O) groups excluding carboxylic acids is 6. The minimum atomic E-state index is -1.45. The van der Waals surface area contributed by atoms with Crippen molar-refractivity contribution in [2.75, 3.05) is 49.3 Å². The van der Waals surface area contributed by atoms with Crippen LogP contribution >= 0.6 is 23.1 Å². The molecule has 3 rings (SSSR count). The van der Waals surface area contributed by atoms with Crippen molar-refractivity contribution < 1.29 is 48.1 Å². The second-order valence-electron chi connectivity index (χ2n) is 11.0. The van der Waals surface area contributed by atoms with Gasteiger partial charge in [-0.2, -0.15) is 0 Å². The Balaban J connectivity index is 1.35. The smallest absolute Gasteiger partial charge is 0.321 e. The lowest BCUT2D eigenvalue weighted by Gasteiger charge is -2.17. The van der Waals surface area contributed by atoms with Crippen LogP contribution in [0.15, 0.2) is 60.0 Å². The summed E-state index contributed by atoms with van der Waals surface area (Å²) in [5.41, 5.74) is 1.15. The summed E-state index contributed by atoms with van der Waals surface area (Å²) in [7, 11) is 0. The molecular weight excluding hydrogens is 731 g/mol. The molecule has 53 heavy (non-hydrogen) atoms. The lowest BCUT2D eigenvalue weighted by Crippen LogP contribution is -2.48. The van der Waals surface area contributed by atoms with E-state index in [1.165, 1.54) is 36.2 Å². The standard InChI is InChI=1S/C34H41N7O10S2/c1-22(42)52-17-16-50-15-12-28(43)35-13-5-14-51-25-10-8-24(9-11-25)38-32(48)26(18-30(45)46)39-29(44)20-36-31(47)27-21-53-34(40-27)41-33(49)37-19-23-6-3-2-4-7-23/h2-4,6-11,21,26H,5,12-20H2,1H3,(H,35,43)(H,36,47)(H,38,48)(H,39,44)(H,45,46)(H2,37,40,41,49)/t26-/m0/s1. The van der Waals surface area contributed by atoms with Crippen LogP contribution in [0.5, 0.6) is 5.75 Å². The maximum atomic E-state index is 12.9. The first kappa shape index (κ1) is 41.9. The van der Waals surface area contributed by atoms with Crippen molar-refractivity contribution in [1.82, 2.24) is 26.3 Å². The average Bonchev–Trinajstić information content (AvgIpc) is 3.60. The van der Waals surface area contributed by atoms with Gasteiger partial charge in [-0.15, -0.1) is 11.3 Å². The fraction of sp³-hybridized carbons (Fsp3) is 0.353. The predicted octanol–water partition coefficient (Wildman–Crippen LogP) is 2.36. The molecule has 0 aliphatic heterocycles. The van der Waals surface area contributed by atoms with Crippen LogP contribution in [0.1, 0.15) is 42.2 Å². The Labute approximate surface area is 313 Å². The number of carbonyl (C=O) groups is 7. The number of rotatable bonds is 22. The summed E-state index contributed by atoms with van der Waals surface area (Å²) < 4.78 is 11.0. The quantitative estimate of drug-likeness (QED) is 0.0729. The lowest BCUT2D eigenvalue weighted by molar-refractivity contribution is -0.139. The number of carboxylic acids is 1. The van der Waals surface area contributed by atoms with Crippen LogP contribution in [0.2, 0.25) is 0 Å². The summed E-state index contributed by atoms with van der Waals surface area (Å²) >= 11 is 2.17. The normalized spacial score (nSPS) is 11.0. The third kappa shape index (κ3) is 17.5. The van der Waals surface area contributed by atoms with Gasteiger partial charge >= 0.3 is 12.0 Å². The lowest BCUT2D eigenvalue weighted by atomic mass is 10.1. The van der Waals surface area contributed by atoms with Gasteiger partial charge in [0.1, 0.15) is 17.5 Å². The summed E-state index contributed by atoms with van der Waals surface area (Å²) in [5, 5.41) is 26.0. The van der Waals surface area contributed by atoms with Gasteiger partial charge in [-0.25, -0.2) is 9.78 Å². The van der Waals surface area contributed by atoms with E-state index in [2.05, 4.69) is 36.9 Å². The van der Waals surface area contributed by atoms with E-state index in [-0.39, 0.29) is 41.4 Å². The van der Waals surface area contributed by atoms with E-state index in [0.717, 1.165) is 16.9 Å². The molecule has 0 bridgehead atoms. The highest BCUT2D eigenvalue weighted by Crippen LogP contribution is 2.17. The zero-order valence-corrected chi connectivity index (χ0v) is 30.4. The fourth-order valence-electron chi connectivity index (χ4n) is 4.19. The predicted molar refractivity (Wildman–Crippen MR) is 198 cm³/mol. The Morgan fingerprint density at radius 1 is 0.887 bits per heavy atom. The summed E-state index contributed by atoms with van der Waals surface area (Å²) in [6, 6.07) is 13.5. The van der Waals surface area contributed by atoms with Crippen LogP contribution in [0.25, 0.3) is 0 Å². The molecule has 1 aromatic heterocycles. The number of thioether (sulfide) groups is 1. The van der Waals surface area contributed by atoms with Gasteiger partial charge in [0.05, 0.1) is 32.8 Å². The van der Waals surface area contributed by atoms with Gasteiger partial charge in [-0.3, -0.25) is 34.1 Å². The van der Waals surface area contributed by atoms with Crippen LogP contribution in [-0.2, 0) is 35.3 Å². The van der Waals surface area contributed by atoms with Crippen LogP contribution in [0, 0.1) is 0 Å². The van der Waals surface area contributed by atoms with E-state index in [9.17, 15) is 38.7 Å². The summed E-state index contributed by atoms with van der Waals surface area (Å²) in [6.07, 6.45) is 0.0239. The minimum Gasteiger partial charge on any atom is -0.494 e. The number of aliphatic carboxylic acids is 1. The number of nitrogens with one attached hydrogen (secondary N) is 6. The molecule has 6 amide bonds. The Hall–Kier alpha value is -5.53. The van der Waals surface area contributed by atoms with Crippen molar-refractivity contribution in [3.63, 3.8) is 0 Å². The number of hydrogen-bond acceptors (Lipinski definition) is 12. The van der Waals surface area contributed by atoms with E-state index in [0.29, 0.717) is 43.4 Å². The van der Waals surface area contributed by atoms with E-state index >= 15 is 0 Å². The number of aromatic nitrogens is 1. The zero-order valence-electron chi connectivity index (χ0n) is 28.8. The van der Waals surface area contributed by atoms with Crippen molar-refractivity contribution in [3.05, 3.63) is 71.2 Å². The molecule has 0 radical (unpaired) electrons. The third-order valence-electron chi connectivity index (χ3n) is 6.73. The zero-order chi connectivity index (χ0) is 38.4. The number of urea groups is 1. The first-order chi connectivity index (χ1) is 25.5. The third-order valence-corrected chi connectivity index (χ3v) is 8.27. The Bertz CT molecular complexity index is 1690. The molecule has 3 aromatic rings. The van der Waals surface area contributed by atoms with Crippen LogP contribution in [-0.4, -0.2) is 95.5 Å². The number of hydrogen-bond donors (Lipinski definition) is 7. The minimum absolute atomic E-state index is 0.0185. The highest BCUT2D eigenvalue weighted by molar-refractivity contribution is 8.13. The van der Waals surface area contributed by atoms with E-state index in [1.807, 2.05) is 30.3 Å². The SMILES string of the molecule is CC(=O)SCCOCCC(=O)NCCCOc1ccc(NC(=O)[C@H](CC(=O)O)NC(=O)CNC(=O)c2csc(NC(=O)NCc3ccccc3)n2)cc1. The first-order valence-electron chi connectivity index (χ1n) is 16.3. The van der Waals surface area contributed by atoms with Gasteiger partial charge in [-0.1, -0.05) is 42.1 Å². The summed E-state index contributed by atoms with van der Waals surface area (Å²) in [5.74, 6) is -2.79. The Morgan fingerprint density at radius 2 is 1.64 bits per heavy atom. The molecule has 0 unspecified atom stereocenters. The molecule has 1 atom stereocenters. The first-order valence-corrected chi connectivity index (χ1v) is 18.2. The number of nitrogens with zero attached hydrogens (tertiary/aromatic N) is 1. The molecule has 1 heterocycles. The Morgan fingerprint density at radius 3 is 2.36 bits per heavy atom. The monoisotopic (exact) mass is 771 g/mol. The van der Waals surface area contributed by atoms with E-state index < -0.39 is 48.7 Å². The topological polar surface area (TPSA) is 243 Å². The van der Waals surface area contributed by atoms with E-state index in [4.69, 9.17) is 9.47 Å². The number of benzene rings is 2. The number of amides is 6. The maximum absolute atomic E-state index is 12.9. The van der Waals surface area contributed by atoms with Crippen molar-refractivity contribution >= 4 is 74.7 Å². The molecule has 0 saturated heterocycles. The van der Waals surface area contributed by atoms with Crippen LogP contribution in [0.3, 0.4) is 0 Å². The van der Waals surface area contributed by atoms with Crippen molar-refractivity contribution in [2.45, 2.75) is 38.8 Å². The fourth-order valence-corrected chi connectivity index (χ4v) is 5.36. The molecule has 2 aromatic carbocycles. The number of thiazole rings is 1. The molecular formula is C34H41N7O10S2. The highest BCUT2D eigenvalue weighted by Gasteiger charge is 2.24. The van der Waals surface area contributed by atoms with Gasteiger partial charge < -0.3 is 41.2 Å². The summed E-state index contributed by atoms with van der Waals surface area (Å²) in [4.78, 5) is 88.3.